The largest absolute Gasteiger partial charge is 0.504 e. The second-order valence-corrected chi connectivity index (χ2v) is 5.38. The van der Waals surface area contributed by atoms with Crippen molar-refractivity contribution < 1.29 is 19.0 Å². The summed E-state index contributed by atoms with van der Waals surface area (Å²) in [7, 11) is 0. The van der Waals surface area contributed by atoms with Crippen LogP contribution in [0.4, 0.5) is 0 Å². The molecule has 1 N–H and O–H groups in total. The first-order valence-corrected chi connectivity index (χ1v) is 7.82. The zero-order chi connectivity index (χ0) is 16.4. The van der Waals surface area contributed by atoms with Gasteiger partial charge in [-0.3, -0.25) is 0 Å². The molecule has 0 radical (unpaired) electrons. The van der Waals surface area contributed by atoms with Gasteiger partial charge in [-0.2, -0.15) is 0 Å². The van der Waals surface area contributed by atoms with Crippen LogP contribution >= 0.6 is 11.6 Å². The first-order chi connectivity index (χ1) is 11.1. The maximum atomic E-state index is 10.6. The number of ether oxygens (including phenoxy) is 2. The fraction of sp³-hybridized carbons (Fsp3) is 0.222. The third-order valence-electron chi connectivity index (χ3n) is 3.42. The maximum absolute atomic E-state index is 10.6. The number of halogens is 1. The van der Waals surface area contributed by atoms with Gasteiger partial charge in [0.25, 0.3) is 0 Å². The van der Waals surface area contributed by atoms with Crippen molar-refractivity contribution in [2.45, 2.75) is 13.8 Å². The first kappa shape index (κ1) is 15.6. The summed E-state index contributed by atoms with van der Waals surface area (Å²) < 4.78 is 17.0. The fourth-order valence-electron chi connectivity index (χ4n) is 2.47. The van der Waals surface area contributed by atoms with Gasteiger partial charge in [0.15, 0.2) is 11.5 Å². The molecular formula is C18H17ClO4. The summed E-state index contributed by atoms with van der Waals surface area (Å²) in [6.45, 7) is 4.80. The lowest BCUT2D eigenvalue weighted by Gasteiger charge is -2.08. The molecule has 0 unspecified atom stereocenters. The summed E-state index contributed by atoms with van der Waals surface area (Å²) in [5.74, 6) is 1.61. The van der Waals surface area contributed by atoms with Gasteiger partial charge < -0.3 is 19.0 Å². The van der Waals surface area contributed by atoms with Crippen LogP contribution in [0, 0.1) is 0 Å². The minimum absolute atomic E-state index is 0.0498. The number of rotatable bonds is 5. The third kappa shape index (κ3) is 2.94. The Morgan fingerprint density at radius 2 is 1.74 bits per heavy atom. The van der Waals surface area contributed by atoms with Crippen molar-refractivity contribution >= 4 is 22.6 Å². The Balaban J connectivity index is 2.19. The average molecular weight is 333 g/mol. The van der Waals surface area contributed by atoms with Crippen molar-refractivity contribution in [2.24, 2.45) is 0 Å². The minimum atomic E-state index is 0.0498. The molecule has 0 amide bonds. The molecule has 1 heterocycles. The number of fused-ring (bicyclic) bond motifs is 1. The van der Waals surface area contributed by atoms with Crippen LogP contribution < -0.4 is 9.47 Å². The van der Waals surface area contributed by atoms with Crippen LogP contribution in [0.1, 0.15) is 13.8 Å². The number of aromatic hydroxyl groups is 1. The molecule has 5 heteroatoms. The molecule has 3 rings (SSSR count). The van der Waals surface area contributed by atoms with Gasteiger partial charge in [0.1, 0.15) is 22.5 Å². The Labute approximate surface area is 139 Å². The quantitative estimate of drug-likeness (QED) is 0.692. The zero-order valence-corrected chi connectivity index (χ0v) is 13.7. The van der Waals surface area contributed by atoms with Gasteiger partial charge >= 0.3 is 0 Å². The van der Waals surface area contributed by atoms with Crippen LogP contribution in [0.15, 0.2) is 40.8 Å². The van der Waals surface area contributed by atoms with Gasteiger partial charge in [0, 0.05) is 22.7 Å². The lowest BCUT2D eigenvalue weighted by atomic mass is 10.1. The van der Waals surface area contributed by atoms with Crippen LogP contribution in [-0.4, -0.2) is 18.3 Å². The van der Waals surface area contributed by atoms with Gasteiger partial charge in [-0.25, -0.2) is 0 Å². The molecule has 120 valence electrons. The van der Waals surface area contributed by atoms with E-state index >= 15 is 0 Å². The predicted octanol–water partition coefficient (Wildman–Crippen LogP) is 5.26. The first-order valence-electron chi connectivity index (χ1n) is 7.45. The maximum Gasteiger partial charge on any atom is 0.177 e. The number of hydrogen-bond acceptors (Lipinski definition) is 4. The second-order valence-electron chi connectivity index (χ2n) is 4.95. The van der Waals surface area contributed by atoms with Crippen LogP contribution in [0.5, 0.6) is 17.2 Å². The predicted molar refractivity (Wildman–Crippen MR) is 90.7 cm³/mol. The van der Waals surface area contributed by atoms with Crippen molar-refractivity contribution in [3.63, 3.8) is 0 Å². The van der Waals surface area contributed by atoms with E-state index in [9.17, 15) is 5.11 Å². The zero-order valence-electron chi connectivity index (χ0n) is 12.9. The molecular weight excluding hydrogens is 316 g/mol. The number of benzene rings is 2. The molecule has 3 aromatic rings. The smallest absolute Gasteiger partial charge is 0.177 e. The molecule has 0 fully saturated rings. The number of hydrogen-bond donors (Lipinski definition) is 1. The normalized spacial score (nSPS) is 10.9. The Kier molecular flexibility index (Phi) is 4.35. The molecule has 0 aliphatic heterocycles. The van der Waals surface area contributed by atoms with E-state index in [1.807, 2.05) is 13.8 Å². The average Bonchev–Trinajstić information content (AvgIpc) is 2.86. The SMILES string of the molecule is CCOc1cc(OCC)c2c(O)c(-c3ccc(Cl)cc3)oc2c1. The van der Waals surface area contributed by atoms with Crippen LogP contribution in [0.3, 0.4) is 0 Å². The van der Waals surface area contributed by atoms with E-state index in [0.717, 1.165) is 5.56 Å². The monoisotopic (exact) mass is 332 g/mol. The lowest BCUT2D eigenvalue weighted by molar-refractivity contribution is 0.325. The van der Waals surface area contributed by atoms with Crippen molar-refractivity contribution in [3.05, 3.63) is 41.4 Å². The van der Waals surface area contributed by atoms with Crippen LogP contribution in [0.25, 0.3) is 22.3 Å². The number of furan rings is 1. The van der Waals surface area contributed by atoms with Gasteiger partial charge in [0.2, 0.25) is 0 Å². The highest BCUT2D eigenvalue weighted by molar-refractivity contribution is 6.30. The van der Waals surface area contributed by atoms with E-state index in [1.165, 1.54) is 0 Å². The Bertz CT molecular complexity index is 821. The molecule has 0 aliphatic rings. The molecule has 0 saturated heterocycles. The van der Waals surface area contributed by atoms with E-state index in [0.29, 0.717) is 46.5 Å². The summed E-state index contributed by atoms with van der Waals surface area (Å²) in [5, 5.41) is 11.8. The van der Waals surface area contributed by atoms with Crippen LogP contribution in [-0.2, 0) is 0 Å². The Morgan fingerprint density at radius 1 is 1.04 bits per heavy atom. The highest BCUT2D eigenvalue weighted by atomic mass is 35.5. The molecule has 0 bridgehead atoms. The summed E-state index contributed by atoms with van der Waals surface area (Å²) in [4.78, 5) is 0. The summed E-state index contributed by atoms with van der Waals surface area (Å²) in [6, 6.07) is 10.6. The Morgan fingerprint density at radius 3 is 2.39 bits per heavy atom. The lowest BCUT2D eigenvalue weighted by Crippen LogP contribution is -1.95. The highest BCUT2D eigenvalue weighted by Crippen LogP contribution is 2.45. The van der Waals surface area contributed by atoms with E-state index in [2.05, 4.69) is 0 Å². The van der Waals surface area contributed by atoms with E-state index in [1.54, 1.807) is 36.4 Å². The third-order valence-corrected chi connectivity index (χ3v) is 3.67. The highest BCUT2D eigenvalue weighted by Gasteiger charge is 2.20. The topological polar surface area (TPSA) is 51.8 Å². The van der Waals surface area contributed by atoms with Gasteiger partial charge in [-0.15, -0.1) is 0 Å². The molecule has 2 aromatic carbocycles. The molecule has 0 aliphatic carbocycles. The molecule has 23 heavy (non-hydrogen) atoms. The second kappa shape index (κ2) is 6.42. The van der Waals surface area contributed by atoms with Crippen molar-refractivity contribution in [3.8, 4) is 28.6 Å². The van der Waals surface area contributed by atoms with Gasteiger partial charge in [0.05, 0.1) is 13.2 Å². The fourth-order valence-corrected chi connectivity index (χ4v) is 2.59. The minimum Gasteiger partial charge on any atom is -0.504 e. The van der Waals surface area contributed by atoms with Gasteiger partial charge in [-0.05, 0) is 38.1 Å². The standard InChI is InChI=1S/C18H17ClO4/c1-3-21-13-9-14(22-4-2)16-15(10-13)23-18(17(16)20)11-5-7-12(19)8-6-11/h5-10,20H,3-4H2,1-2H3. The van der Waals surface area contributed by atoms with E-state index in [-0.39, 0.29) is 5.75 Å². The van der Waals surface area contributed by atoms with Crippen LogP contribution in [0.2, 0.25) is 5.02 Å². The molecule has 0 spiro atoms. The molecule has 1 aromatic heterocycles. The Hall–Kier alpha value is -2.33. The van der Waals surface area contributed by atoms with Crippen molar-refractivity contribution in [1.29, 1.82) is 0 Å². The molecule has 4 nitrogen and oxygen atoms in total. The molecule has 0 atom stereocenters. The van der Waals surface area contributed by atoms with Gasteiger partial charge in [-0.1, -0.05) is 11.6 Å². The summed E-state index contributed by atoms with van der Waals surface area (Å²) >= 11 is 5.91. The summed E-state index contributed by atoms with van der Waals surface area (Å²) in [5.41, 5.74) is 1.25. The van der Waals surface area contributed by atoms with E-state index in [4.69, 9.17) is 25.5 Å². The van der Waals surface area contributed by atoms with Crippen molar-refractivity contribution in [2.75, 3.05) is 13.2 Å². The van der Waals surface area contributed by atoms with Crippen molar-refractivity contribution in [1.82, 2.24) is 0 Å². The summed E-state index contributed by atoms with van der Waals surface area (Å²) in [6.07, 6.45) is 0. The van der Waals surface area contributed by atoms with E-state index < -0.39 is 0 Å². The molecule has 0 saturated carbocycles.